The average Bonchev–Trinajstić information content (AvgIpc) is 3.19. The van der Waals surface area contributed by atoms with Crippen molar-refractivity contribution in [2.45, 2.75) is 6.54 Å². The van der Waals surface area contributed by atoms with Crippen LogP contribution in [0.1, 0.15) is 10.5 Å². The lowest BCUT2D eigenvalue weighted by molar-refractivity contribution is 0.0480. The highest BCUT2D eigenvalue weighted by molar-refractivity contribution is 6.30. The number of rotatable bonds is 5. The van der Waals surface area contributed by atoms with Crippen molar-refractivity contribution in [1.29, 1.82) is 0 Å². The summed E-state index contributed by atoms with van der Waals surface area (Å²) in [5.74, 6) is -0.479. The molecule has 0 unspecified atom stereocenters. The van der Waals surface area contributed by atoms with Gasteiger partial charge in [0.25, 0.3) is 0 Å². The molecule has 0 saturated carbocycles. The normalized spacial score (nSPS) is 10.6. The van der Waals surface area contributed by atoms with E-state index in [0.717, 1.165) is 5.69 Å². The number of aromatic nitrogens is 5. The summed E-state index contributed by atoms with van der Waals surface area (Å²) in [6.45, 7) is 0.652. The largest absolute Gasteiger partial charge is 0.459 e. The second-order valence-corrected chi connectivity index (χ2v) is 4.85. The number of benzene rings is 1. The molecule has 0 aliphatic heterocycles. The van der Waals surface area contributed by atoms with Crippen LogP contribution in [0, 0.1) is 0 Å². The van der Waals surface area contributed by atoms with Crippen LogP contribution >= 0.6 is 11.6 Å². The van der Waals surface area contributed by atoms with Gasteiger partial charge in [-0.25, -0.2) is 19.1 Å². The Morgan fingerprint density at radius 1 is 1.23 bits per heavy atom. The summed E-state index contributed by atoms with van der Waals surface area (Å²) >= 11 is 5.84. The third kappa shape index (κ3) is 3.32. The van der Waals surface area contributed by atoms with E-state index in [2.05, 4.69) is 15.2 Å². The van der Waals surface area contributed by atoms with Crippen LogP contribution in [0.3, 0.4) is 0 Å². The van der Waals surface area contributed by atoms with Crippen LogP contribution in [0.15, 0.2) is 49.2 Å². The molecule has 8 heteroatoms. The van der Waals surface area contributed by atoms with Gasteiger partial charge in [-0.3, -0.25) is 0 Å². The van der Waals surface area contributed by atoms with Gasteiger partial charge < -0.3 is 4.74 Å². The van der Waals surface area contributed by atoms with Crippen molar-refractivity contribution in [3.63, 3.8) is 0 Å². The maximum atomic E-state index is 11.9. The molecule has 0 aliphatic carbocycles. The molecule has 22 heavy (non-hydrogen) atoms. The van der Waals surface area contributed by atoms with Gasteiger partial charge in [-0.15, -0.1) is 0 Å². The predicted octanol–water partition coefficient (Wildman–Crippen LogP) is 1.97. The summed E-state index contributed by atoms with van der Waals surface area (Å²) in [5.41, 5.74) is 1.06. The van der Waals surface area contributed by atoms with Gasteiger partial charge in [0.15, 0.2) is 5.69 Å². The van der Waals surface area contributed by atoms with E-state index in [4.69, 9.17) is 16.3 Å². The summed E-state index contributed by atoms with van der Waals surface area (Å²) in [5, 5.41) is 8.75. The van der Waals surface area contributed by atoms with Crippen LogP contribution in [0.25, 0.3) is 5.69 Å². The molecule has 112 valence electrons. The van der Waals surface area contributed by atoms with Gasteiger partial charge in [0.2, 0.25) is 0 Å². The van der Waals surface area contributed by atoms with Gasteiger partial charge in [-0.2, -0.15) is 10.2 Å². The Labute approximate surface area is 131 Å². The number of hydrogen-bond donors (Lipinski definition) is 0. The Balaban J connectivity index is 1.60. The molecule has 0 spiro atoms. The molecule has 0 atom stereocenters. The fraction of sp³-hybridized carbons (Fsp3) is 0.143. The smallest absolute Gasteiger partial charge is 0.358 e. The lowest BCUT2D eigenvalue weighted by atomic mass is 10.3. The van der Waals surface area contributed by atoms with Gasteiger partial charge in [0.05, 0.1) is 12.2 Å². The van der Waals surface area contributed by atoms with E-state index in [1.165, 1.54) is 6.33 Å². The molecule has 0 fully saturated rings. The number of carbonyl (C=O) groups excluding carboxylic acids is 1. The van der Waals surface area contributed by atoms with E-state index in [0.29, 0.717) is 11.6 Å². The van der Waals surface area contributed by atoms with E-state index in [1.807, 2.05) is 12.1 Å². The van der Waals surface area contributed by atoms with Gasteiger partial charge in [0.1, 0.15) is 19.3 Å². The Morgan fingerprint density at radius 2 is 2.05 bits per heavy atom. The Morgan fingerprint density at radius 3 is 2.77 bits per heavy atom. The lowest BCUT2D eigenvalue weighted by Gasteiger charge is -2.03. The molecule has 3 aromatic rings. The Kier molecular flexibility index (Phi) is 4.15. The maximum absolute atomic E-state index is 11.9. The van der Waals surface area contributed by atoms with Crippen molar-refractivity contribution in [2.24, 2.45) is 0 Å². The highest BCUT2D eigenvalue weighted by Crippen LogP contribution is 2.13. The minimum absolute atomic E-state index is 0.204. The molecular weight excluding hydrogens is 306 g/mol. The van der Waals surface area contributed by atoms with Crippen LogP contribution in [0.5, 0.6) is 0 Å². The van der Waals surface area contributed by atoms with Crippen molar-refractivity contribution in [3.8, 4) is 5.69 Å². The molecule has 0 saturated heterocycles. The van der Waals surface area contributed by atoms with Crippen molar-refractivity contribution in [2.75, 3.05) is 6.61 Å². The molecule has 0 aliphatic rings. The average molecular weight is 318 g/mol. The van der Waals surface area contributed by atoms with Crippen LogP contribution in [0.2, 0.25) is 5.02 Å². The number of carbonyl (C=O) groups is 1. The molecule has 7 nitrogen and oxygen atoms in total. The van der Waals surface area contributed by atoms with Crippen LogP contribution in [0.4, 0.5) is 0 Å². The number of ether oxygens (including phenoxy) is 1. The Bertz CT molecular complexity index is 752. The summed E-state index contributed by atoms with van der Waals surface area (Å²) in [6.07, 6.45) is 4.68. The molecule has 3 rings (SSSR count). The zero-order chi connectivity index (χ0) is 15.4. The zero-order valence-corrected chi connectivity index (χ0v) is 12.2. The Hall–Kier alpha value is -2.67. The third-order valence-corrected chi connectivity index (χ3v) is 3.16. The molecule has 2 heterocycles. The van der Waals surface area contributed by atoms with E-state index < -0.39 is 5.97 Å². The molecule has 1 aromatic carbocycles. The van der Waals surface area contributed by atoms with E-state index in [-0.39, 0.29) is 12.3 Å². The first-order chi connectivity index (χ1) is 10.7. The highest BCUT2D eigenvalue weighted by Gasteiger charge is 2.11. The second-order valence-electron chi connectivity index (χ2n) is 4.42. The molecule has 0 amide bonds. The first-order valence-corrected chi connectivity index (χ1v) is 6.91. The maximum Gasteiger partial charge on any atom is 0.358 e. The van der Waals surface area contributed by atoms with Crippen molar-refractivity contribution in [1.82, 2.24) is 24.5 Å². The van der Waals surface area contributed by atoms with E-state index >= 15 is 0 Å². The monoisotopic (exact) mass is 317 g/mol. The van der Waals surface area contributed by atoms with Gasteiger partial charge in [0, 0.05) is 11.2 Å². The third-order valence-electron chi connectivity index (χ3n) is 2.91. The first-order valence-electron chi connectivity index (χ1n) is 6.53. The molecule has 0 N–H and O–H groups in total. The standard InChI is InChI=1S/C14H12ClN5O2/c15-11-1-3-12(4-2-11)20-6-5-13(18-20)14(21)22-8-7-19-10-16-9-17-19/h1-6,9-10H,7-8H2. The van der Waals surface area contributed by atoms with Crippen LogP contribution in [-0.4, -0.2) is 37.1 Å². The quantitative estimate of drug-likeness (QED) is 0.673. The summed E-state index contributed by atoms with van der Waals surface area (Å²) in [4.78, 5) is 15.7. The zero-order valence-electron chi connectivity index (χ0n) is 11.5. The van der Waals surface area contributed by atoms with Crippen LogP contribution in [-0.2, 0) is 11.3 Å². The molecular formula is C14H12ClN5O2. The van der Waals surface area contributed by atoms with Gasteiger partial charge in [-0.1, -0.05) is 11.6 Å². The van der Waals surface area contributed by atoms with E-state index in [1.54, 1.807) is 40.1 Å². The lowest BCUT2D eigenvalue weighted by Crippen LogP contribution is -2.12. The minimum atomic E-state index is -0.479. The SMILES string of the molecule is O=C(OCCn1cncn1)c1ccn(-c2ccc(Cl)cc2)n1. The van der Waals surface area contributed by atoms with Crippen molar-refractivity contribution < 1.29 is 9.53 Å². The number of hydrogen-bond acceptors (Lipinski definition) is 5. The fourth-order valence-corrected chi connectivity index (χ4v) is 1.95. The summed E-state index contributed by atoms with van der Waals surface area (Å²) in [6, 6.07) is 8.75. The minimum Gasteiger partial charge on any atom is -0.459 e. The van der Waals surface area contributed by atoms with E-state index in [9.17, 15) is 4.79 Å². The topological polar surface area (TPSA) is 74.8 Å². The fourth-order valence-electron chi connectivity index (χ4n) is 1.82. The first kappa shape index (κ1) is 14.3. The molecule has 2 aromatic heterocycles. The number of nitrogens with zero attached hydrogens (tertiary/aromatic N) is 5. The second kappa shape index (κ2) is 6.40. The molecule has 0 radical (unpaired) electrons. The molecule has 0 bridgehead atoms. The predicted molar refractivity (Wildman–Crippen MR) is 78.9 cm³/mol. The summed E-state index contributed by atoms with van der Waals surface area (Å²) in [7, 11) is 0. The van der Waals surface area contributed by atoms with Crippen molar-refractivity contribution >= 4 is 17.6 Å². The highest BCUT2D eigenvalue weighted by atomic mass is 35.5. The number of esters is 1. The van der Waals surface area contributed by atoms with Crippen molar-refractivity contribution in [3.05, 3.63) is 59.9 Å². The number of halogens is 1. The summed E-state index contributed by atoms with van der Waals surface area (Å²) < 4.78 is 8.32. The van der Waals surface area contributed by atoms with Gasteiger partial charge >= 0.3 is 5.97 Å². The van der Waals surface area contributed by atoms with Crippen LogP contribution < -0.4 is 0 Å². The van der Waals surface area contributed by atoms with Gasteiger partial charge in [-0.05, 0) is 30.3 Å².